The average Bonchev–Trinajstić information content (AvgIpc) is 1.09. The highest BCUT2D eigenvalue weighted by Gasteiger charge is 2.24. The Morgan fingerprint density at radius 3 is 0.871 bits per heavy atom. The Bertz CT molecular complexity index is 2700. The largest absolute Gasteiger partial charge is 0.461 e. The minimum absolute atomic E-state index is 0.0183. The molecule has 4 aliphatic rings. The topological polar surface area (TPSA) is 274 Å². The highest BCUT2D eigenvalue weighted by Crippen LogP contribution is 2.31. The molecule has 24 heteroatoms. The molecule has 2 N–H and O–H groups in total. The van der Waals surface area contributed by atoms with Crippen LogP contribution in [-0.4, -0.2) is 208 Å². The smallest absolute Gasteiger partial charge is 0.407 e. The third kappa shape index (κ3) is 79.9. The van der Waals surface area contributed by atoms with Gasteiger partial charge in [-0.15, -0.1) is 0 Å². The number of carbonyl (C=O) groups excluding carboxylic acids is 6. The molecule has 2 amide bonds. The quantitative estimate of drug-likeness (QED) is 0.0269. The molecular weight excluding hydrogens is 1490 g/mol. The van der Waals surface area contributed by atoms with Gasteiger partial charge in [0.1, 0.15) is 39.6 Å². The number of ether oxygens (including phenoxy) is 16. The summed E-state index contributed by atoms with van der Waals surface area (Å²) in [5.41, 5.74) is 3.01. The molecule has 116 heavy (non-hydrogen) atoms. The molecule has 0 aliphatic heterocycles. The van der Waals surface area contributed by atoms with Gasteiger partial charge in [0.15, 0.2) is 0 Å². The fourth-order valence-electron chi connectivity index (χ4n) is 8.80. The normalized spacial score (nSPS) is 13.6. The molecule has 0 saturated heterocycles. The second-order valence-corrected chi connectivity index (χ2v) is 32.3. The summed E-state index contributed by atoms with van der Waals surface area (Å²) in [6, 6.07) is 20.1. The lowest BCUT2D eigenvalue weighted by Gasteiger charge is -2.22. The maximum absolute atomic E-state index is 11.2. The first-order valence-corrected chi connectivity index (χ1v) is 42.3. The second kappa shape index (κ2) is 74.7. The van der Waals surface area contributed by atoms with E-state index in [4.69, 9.17) is 71.1 Å². The molecule has 0 spiro atoms. The van der Waals surface area contributed by atoms with Crippen LogP contribution in [0.25, 0.3) is 0 Å². The molecule has 0 heterocycles. The number of hydrogen-bond acceptors (Lipinski definition) is 22. The number of hydrogen-bond donors (Lipinski definition) is 2. The molecule has 2 atom stereocenters. The zero-order chi connectivity index (χ0) is 87.1. The van der Waals surface area contributed by atoms with Gasteiger partial charge < -0.3 is 86.4 Å². The van der Waals surface area contributed by atoms with Gasteiger partial charge in [0.2, 0.25) is 0 Å². The van der Waals surface area contributed by atoms with Gasteiger partial charge in [-0.1, -0.05) is 198 Å². The minimum Gasteiger partial charge on any atom is -0.461 e. The predicted molar refractivity (Wildman–Crippen MR) is 459 cm³/mol. The van der Waals surface area contributed by atoms with E-state index in [9.17, 15) is 28.8 Å². The van der Waals surface area contributed by atoms with Crippen LogP contribution in [0.5, 0.6) is 0 Å². The lowest BCUT2D eigenvalue weighted by atomic mass is 9.99. The Morgan fingerprint density at radius 1 is 0.336 bits per heavy atom. The molecule has 4 aliphatic carbocycles. The first kappa shape index (κ1) is 111. The summed E-state index contributed by atoms with van der Waals surface area (Å²) in [5, 5.41) is 4.89. The van der Waals surface area contributed by atoms with Crippen LogP contribution < -0.4 is 10.6 Å². The molecule has 2 aromatic carbocycles. The van der Waals surface area contributed by atoms with E-state index in [2.05, 4.69) is 125 Å². The summed E-state index contributed by atoms with van der Waals surface area (Å²) in [6.07, 6.45) is 12.2. The van der Waals surface area contributed by atoms with Gasteiger partial charge in [-0.3, -0.25) is 0 Å². The van der Waals surface area contributed by atoms with Crippen LogP contribution in [0, 0.1) is 71.0 Å². The van der Waals surface area contributed by atoms with Crippen molar-refractivity contribution >= 4 is 36.1 Å². The van der Waals surface area contributed by atoms with Crippen molar-refractivity contribution in [3.05, 3.63) is 121 Å². The molecule has 2 unspecified atom stereocenters. The molecule has 6 rings (SSSR count). The van der Waals surface area contributed by atoms with Crippen molar-refractivity contribution in [2.45, 2.75) is 188 Å². The lowest BCUT2D eigenvalue weighted by Crippen LogP contribution is -2.29. The highest BCUT2D eigenvalue weighted by molar-refractivity contribution is 5.87. The van der Waals surface area contributed by atoms with E-state index in [-0.39, 0.29) is 70.9 Å². The average molecular weight is 1640 g/mol. The van der Waals surface area contributed by atoms with E-state index in [0.29, 0.717) is 98.1 Å². The standard InChI is InChI=1S/C16H22O3.C15H20O3.C13H23NO5.C12H21NO5.2C10H20O2.2C8H16O/c1-12(2)15(14-8-6-5-7-9-14)18-10-11-19-16(17)13(3)4;1-4-14(16)17-10-11-18-15(12(2)3)13-8-6-5-7-9-13;1-10(2)9-17-7-8-19-13(16)14-5-6-18-12(15)11(3)4;1-4-11(14)17-6-5-13-12(15)18-8-7-16-9-10(2)3;2*1-9(2)7-11-5-6-12-8-10-3-4-10;2*1-7(2)5-9-6-8-3-4-8/h5-9,12,15H,3,10-11H2,1-2,4H3;4-9,12,15H,1,10-11H2,2-3H3;10H,3,5-9H2,1-2,4H3,(H,14,16);4,10H,1,5-9H2,2-3H3,(H,13,15);2*9-10H,3-8H2,1-2H3;2*7-8H,3-6H2,1-2H3. The van der Waals surface area contributed by atoms with Gasteiger partial charge in [0, 0.05) is 89.4 Å². The van der Waals surface area contributed by atoms with Crippen LogP contribution in [0.3, 0.4) is 0 Å². The lowest BCUT2D eigenvalue weighted by molar-refractivity contribution is -0.142. The molecule has 0 bridgehead atoms. The van der Waals surface area contributed by atoms with Gasteiger partial charge in [0.25, 0.3) is 0 Å². The van der Waals surface area contributed by atoms with Gasteiger partial charge in [-0.05, 0) is 147 Å². The van der Waals surface area contributed by atoms with E-state index >= 15 is 0 Å². The number of amides is 2. The van der Waals surface area contributed by atoms with Crippen LogP contribution >= 0.6 is 0 Å². The van der Waals surface area contributed by atoms with E-state index in [1.807, 2.05) is 88.4 Å². The SMILES string of the molecule is C=C(C)C(=O)OCCNC(=O)OCCOCC(C)C.C=C(C)C(=O)OCCOC(c1ccccc1)C(C)C.C=CC(=O)OCCNC(=O)OCCOCC(C)C.C=CC(=O)OCCOC(c1ccccc1)C(C)C.CC(C)COCC1CC1.CC(C)COCC1CC1.CC(C)COCCOCC1CC1.CC(C)COCCOCC1CC1. The summed E-state index contributed by atoms with van der Waals surface area (Å²) < 4.78 is 83.5. The number of alkyl carbamates (subject to hydrolysis) is 2. The first-order valence-electron chi connectivity index (χ1n) is 42.3. The van der Waals surface area contributed by atoms with Gasteiger partial charge >= 0.3 is 36.1 Å². The fraction of sp³-hybridized carbons (Fsp3) is 0.717. The zero-order valence-corrected chi connectivity index (χ0v) is 74.9. The summed E-state index contributed by atoms with van der Waals surface area (Å²) >= 11 is 0. The summed E-state index contributed by atoms with van der Waals surface area (Å²) in [4.78, 5) is 66.0. The Balaban J connectivity index is 0. The molecule has 668 valence electrons. The summed E-state index contributed by atoms with van der Waals surface area (Å²) in [7, 11) is 0. The van der Waals surface area contributed by atoms with Gasteiger partial charge in [-0.25, -0.2) is 28.8 Å². The maximum Gasteiger partial charge on any atom is 0.407 e. The Kier molecular flexibility index (Phi) is 71.8. The predicted octanol–water partition coefficient (Wildman–Crippen LogP) is 17.6. The van der Waals surface area contributed by atoms with E-state index < -0.39 is 30.1 Å². The van der Waals surface area contributed by atoms with Crippen molar-refractivity contribution in [2.75, 3.05) is 172 Å². The monoisotopic (exact) mass is 1640 g/mol. The maximum atomic E-state index is 11.2. The first-order chi connectivity index (χ1) is 55.3. The van der Waals surface area contributed by atoms with Crippen molar-refractivity contribution in [1.82, 2.24) is 10.6 Å². The Hall–Kier alpha value is -6.58. The molecule has 4 fully saturated rings. The third-order valence-electron chi connectivity index (χ3n) is 15.5. The van der Waals surface area contributed by atoms with Gasteiger partial charge in [0.05, 0.1) is 78.2 Å². The summed E-state index contributed by atoms with van der Waals surface area (Å²) in [5.74, 6) is 6.09. The van der Waals surface area contributed by atoms with Crippen molar-refractivity contribution in [3.63, 3.8) is 0 Å². The van der Waals surface area contributed by atoms with Crippen molar-refractivity contribution in [1.29, 1.82) is 0 Å². The van der Waals surface area contributed by atoms with E-state index in [0.717, 1.165) is 126 Å². The molecule has 2 aromatic rings. The third-order valence-corrected chi connectivity index (χ3v) is 15.5. The van der Waals surface area contributed by atoms with Crippen molar-refractivity contribution in [2.24, 2.45) is 71.0 Å². The summed E-state index contributed by atoms with van der Waals surface area (Å²) in [6.45, 7) is 65.5. The highest BCUT2D eigenvalue weighted by atomic mass is 16.6. The van der Waals surface area contributed by atoms with Crippen LogP contribution in [0.2, 0.25) is 0 Å². The van der Waals surface area contributed by atoms with Crippen molar-refractivity contribution < 1.29 is 105 Å². The Labute approximate surface area is 700 Å². The zero-order valence-electron chi connectivity index (χ0n) is 74.9. The Morgan fingerprint density at radius 2 is 0.586 bits per heavy atom. The number of esters is 4. The van der Waals surface area contributed by atoms with Crippen molar-refractivity contribution in [3.8, 4) is 0 Å². The molecule has 0 radical (unpaired) electrons. The molecule has 24 nitrogen and oxygen atoms in total. The van der Waals surface area contributed by atoms with Crippen LogP contribution in [0.15, 0.2) is 110 Å². The molecule has 4 saturated carbocycles. The van der Waals surface area contributed by atoms with Gasteiger partial charge in [-0.2, -0.15) is 0 Å². The number of carbonyl (C=O) groups is 6. The number of benzene rings is 2. The fourth-order valence-corrected chi connectivity index (χ4v) is 8.80. The van der Waals surface area contributed by atoms with Crippen LogP contribution in [0.1, 0.15) is 199 Å². The number of nitrogens with one attached hydrogen (secondary N) is 2. The van der Waals surface area contributed by atoms with Crippen LogP contribution in [-0.2, 0) is 95.0 Å². The minimum atomic E-state index is -0.558. The molecular formula is C92H158N2O22. The van der Waals surface area contributed by atoms with E-state index in [1.165, 1.54) is 51.4 Å². The molecule has 0 aromatic heterocycles. The number of rotatable bonds is 54. The second-order valence-electron chi connectivity index (χ2n) is 32.3. The van der Waals surface area contributed by atoms with E-state index in [1.54, 1.807) is 13.8 Å². The van der Waals surface area contributed by atoms with Crippen LogP contribution in [0.4, 0.5) is 9.59 Å².